The van der Waals surface area contributed by atoms with Crippen LogP contribution in [0.3, 0.4) is 0 Å². The van der Waals surface area contributed by atoms with E-state index in [4.69, 9.17) is 4.74 Å². The average Bonchev–Trinajstić information content (AvgIpc) is 3.54. The Bertz CT molecular complexity index is 765. The Kier molecular flexibility index (Phi) is 8.52. The van der Waals surface area contributed by atoms with Crippen molar-refractivity contribution in [2.24, 2.45) is 16.8 Å². The molecule has 0 radical (unpaired) electrons. The zero-order chi connectivity index (χ0) is 25.2. The van der Waals surface area contributed by atoms with Crippen LogP contribution in [0.2, 0.25) is 0 Å². The molecule has 2 heterocycles. The second-order valence-electron chi connectivity index (χ2n) is 10.2. The largest absolute Gasteiger partial charge is 0.405 e. The van der Waals surface area contributed by atoms with Gasteiger partial charge in [-0.3, -0.25) is 15.5 Å². The van der Waals surface area contributed by atoms with Crippen LogP contribution in [0.4, 0.5) is 17.6 Å². The van der Waals surface area contributed by atoms with Gasteiger partial charge in [-0.25, -0.2) is 25.2 Å². The van der Waals surface area contributed by atoms with Crippen molar-refractivity contribution in [2.45, 2.75) is 94.1 Å². The van der Waals surface area contributed by atoms with Gasteiger partial charge in [-0.2, -0.15) is 13.2 Å². The molecule has 200 valence electrons. The Labute approximate surface area is 203 Å². The number of ether oxygens (including phenoxy) is 1. The van der Waals surface area contributed by atoms with E-state index in [0.29, 0.717) is 19.3 Å². The highest BCUT2D eigenvalue weighted by atomic mass is 19.4. The molecular weight excluding hydrogens is 470 g/mol. The number of hydrazine groups is 2. The van der Waals surface area contributed by atoms with E-state index in [0.717, 1.165) is 32.1 Å². The second kappa shape index (κ2) is 11.2. The number of carbonyl (C=O) groups is 1. The number of aliphatic imine (C=N–C) groups is 1. The summed E-state index contributed by atoms with van der Waals surface area (Å²) in [6.07, 6.45) is 0.0629. The maximum Gasteiger partial charge on any atom is 0.405 e. The maximum absolute atomic E-state index is 14.4. The van der Waals surface area contributed by atoms with Crippen molar-refractivity contribution in [2.75, 3.05) is 20.7 Å². The van der Waals surface area contributed by atoms with Crippen molar-refractivity contribution in [3.05, 3.63) is 0 Å². The fourth-order valence-corrected chi connectivity index (χ4v) is 5.76. The third-order valence-corrected chi connectivity index (χ3v) is 7.68. The Balaban J connectivity index is 1.41. The molecule has 0 aromatic heterocycles. The van der Waals surface area contributed by atoms with E-state index in [2.05, 4.69) is 31.9 Å². The molecule has 1 amide bonds. The Morgan fingerprint density at radius 3 is 2.51 bits per heavy atom. The van der Waals surface area contributed by atoms with E-state index in [-0.39, 0.29) is 36.6 Å². The van der Waals surface area contributed by atoms with Crippen molar-refractivity contribution < 1.29 is 27.1 Å². The fraction of sp³-hybridized carbons (Fsp3) is 0.909. The summed E-state index contributed by atoms with van der Waals surface area (Å²) in [6, 6.07) is -1.84. The summed E-state index contributed by atoms with van der Waals surface area (Å²) in [7, 11) is 3.01. The molecular formula is C22H37F4N7O2. The molecule has 7 atom stereocenters. The van der Waals surface area contributed by atoms with Crippen LogP contribution in [0.25, 0.3) is 0 Å². The van der Waals surface area contributed by atoms with Crippen molar-refractivity contribution in [3.8, 4) is 0 Å². The van der Waals surface area contributed by atoms with Crippen LogP contribution < -0.4 is 26.9 Å². The number of rotatable bonds is 5. The standard InChI is InChI=1S/C22H37F4N7O2/c1-33-11-14(19(32-33)22(24,25)26)20(34)29-21(27-13-5-3-4-6-13)28-18-10-16(30-31-18)12-7-8-17(35-2)15(23)9-12/h12-19,30-32H,3-11H2,1-2H3,(H2,27,28,29,34). The zero-order valence-electron chi connectivity index (χ0n) is 20.2. The van der Waals surface area contributed by atoms with Crippen molar-refractivity contribution in [1.82, 2.24) is 31.9 Å². The van der Waals surface area contributed by atoms with Gasteiger partial charge in [-0.1, -0.05) is 12.8 Å². The van der Waals surface area contributed by atoms with E-state index in [1.54, 1.807) is 0 Å². The second-order valence-corrected chi connectivity index (χ2v) is 10.2. The Morgan fingerprint density at radius 2 is 1.86 bits per heavy atom. The summed E-state index contributed by atoms with van der Waals surface area (Å²) in [5.74, 6) is -1.72. The molecule has 5 N–H and O–H groups in total. The van der Waals surface area contributed by atoms with Crippen molar-refractivity contribution >= 4 is 11.9 Å². The van der Waals surface area contributed by atoms with Gasteiger partial charge in [-0.15, -0.1) is 0 Å². The van der Waals surface area contributed by atoms with E-state index >= 15 is 0 Å². The summed E-state index contributed by atoms with van der Waals surface area (Å²) in [5, 5.41) is 7.16. The molecule has 4 rings (SSSR count). The Morgan fingerprint density at radius 1 is 1.11 bits per heavy atom. The lowest BCUT2D eigenvalue weighted by molar-refractivity contribution is -0.168. The van der Waals surface area contributed by atoms with E-state index in [9.17, 15) is 22.4 Å². The molecule has 2 saturated carbocycles. The van der Waals surface area contributed by atoms with Crippen LogP contribution in [0.15, 0.2) is 4.99 Å². The van der Waals surface area contributed by atoms with Gasteiger partial charge in [0.15, 0.2) is 5.96 Å². The molecule has 0 spiro atoms. The quantitative estimate of drug-likeness (QED) is 0.218. The number of nitrogens with one attached hydrogen (secondary N) is 5. The normalized spacial score (nSPS) is 37.7. The molecule has 4 fully saturated rings. The van der Waals surface area contributed by atoms with Gasteiger partial charge in [0.1, 0.15) is 18.4 Å². The van der Waals surface area contributed by atoms with Crippen LogP contribution in [-0.4, -0.2) is 80.3 Å². The van der Waals surface area contributed by atoms with Crippen molar-refractivity contribution in [1.29, 1.82) is 0 Å². The monoisotopic (exact) mass is 507 g/mol. The number of amides is 1. The van der Waals surface area contributed by atoms with E-state index in [1.165, 1.54) is 19.2 Å². The molecule has 2 aliphatic carbocycles. The van der Waals surface area contributed by atoms with Crippen LogP contribution in [0, 0.1) is 11.8 Å². The predicted molar refractivity (Wildman–Crippen MR) is 122 cm³/mol. The first-order valence-electron chi connectivity index (χ1n) is 12.5. The summed E-state index contributed by atoms with van der Waals surface area (Å²) in [6.45, 7) is -0.0629. The highest BCUT2D eigenvalue weighted by molar-refractivity contribution is 5.98. The zero-order valence-corrected chi connectivity index (χ0v) is 20.2. The first-order valence-corrected chi connectivity index (χ1v) is 12.5. The molecule has 4 aliphatic rings. The molecule has 0 aromatic rings. The number of hydrogen-bond acceptors (Lipinski definition) is 7. The molecule has 0 bridgehead atoms. The lowest BCUT2D eigenvalue weighted by Crippen LogP contribution is -2.52. The minimum Gasteiger partial charge on any atom is -0.378 e. The van der Waals surface area contributed by atoms with Gasteiger partial charge in [0.05, 0.1) is 12.0 Å². The van der Waals surface area contributed by atoms with Crippen LogP contribution >= 0.6 is 0 Å². The van der Waals surface area contributed by atoms with Gasteiger partial charge >= 0.3 is 6.18 Å². The molecule has 2 saturated heterocycles. The first kappa shape index (κ1) is 26.5. The highest BCUT2D eigenvalue weighted by Gasteiger charge is 2.52. The molecule has 2 aliphatic heterocycles. The lowest BCUT2D eigenvalue weighted by Gasteiger charge is -2.33. The van der Waals surface area contributed by atoms with Gasteiger partial charge < -0.3 is 10.1 Å². The van der Waals surface area contributed by atoms with Crippen LogP contribution in [-0.2, 0) is 9.53 Å². The molecule has 7 unspecified atom stereocenters. The topological polar surface area (TPSA) is 102 Å². The summed E-state index contributed by atoms with van der Waals surface area (Å²) >= 11 is 0. The van der Waals surface area contributed by atoms with E-state index in [1.807, 2.05) is 0 Å². The minimum atomic E-state index is -4.55. The molecule has 35 heavy (non-hydrogen) atoms. The van der Waals surface area contributed by atoms with Gasteiger partial charge in [0, 0.05) is 39.2 Å². The molecule has 0 aromatic carbocycles. The number of alkyl halides is 4. The minimum absolute atomic E-state index is 0.00512. The number of methoxy groups -OCH3 is 1. The number of hydrogen-bond donors (Lipinski definition) is 5. The number of guanidine groups is 1. The summed E-state index contributed by atoms with van der Waals surface area (Å²) in [4.78, 5) is 17.5. The fourth-order valence-electron chi connectivity index (χ4n) is 5.76. The van der Waals surface area contributed by atoms with Crippen LogP contribution in [0.5, 0.6) is 0 Å². The van der Waals surface area contributed by atoms with Gasteiger partial charge in [0.25, 0.3) is 0 Å². The average molecular weight is 508 g/mol. The van der Waals surface area contributed by atoms with Crippen molar-refractivity contribution in [3.63, 3.8) is 0 Å². The third kappa shape index (κ3) is 6.62. The first-order chi connectivity index (χ1) is 16.6. The summed E-state index contributed by atoms with van der Waals surface area (Å²) < 4.78 is 60.0. The van der Waals surface area contributed by atoms with Gasteiger partial charge in [0.2, 0.25) is 5.91 Å². The smallest absolute Gasteiger partial charge is 0.378 e. The molecule has 9 nitrogen and oxygen atoms in total. The SMILES string of the molecule is COC1CCC(C2CC(/N=C(/NC(=O)C3CN(C)NC3C(F)(F)F)NC3CCCC3)NN2)CC1F. The third-order valence-electron chi connectivity index (χ3n) is 7.68. The summed E-state index contributed by atoms with van der Waals surface area (Å²) in [5.41, 5.74) is 8.62. The lowest BCUT2D eigenvalue weighted by atomic mass is 9.81. The highest BCUT2D eigenvalue weighted by Crippen LogP contribution is 2.33. The Hall–Kier alpha value is -1.54. The van der Waals surface area contributed by atoms with E-state index < -0.39 is 36.4 Å². The molecule has 13 heteroatoms. The number of nitrogens with zero attached hydrogens (tertiary/aromatic N) is 2. The number of carbonyl (C=O) groups excluding carboxylic acids is 1. The predicted octanol–water partition coefficient (Wildman–Crippen LogP) is 1.33. The van der Waals surface area contributed by atoms with Gasteiger partial charge in [-0.05, 0) is 38.0 Å². The van der Waals surface area contributed by atoms with Crippen LogP contribution in [0.1, 0.15) is 51.4 Å². The number of halogens is 4. The maximum atomic E-state index is 14.4.